The molecule has 3 aromatic rings. The van der Waals surface area contributed by atoms with Crippen LogP contribution in [0.1, 0.15) is 77.6 Å². The van der Waals surface area contributed by atoms with Gasteiger partial charge in [-0.1, -0.05) is 31.0 Å². The van der Waals surface area contributed by atoms with Gasteiger partial charge in [-0.25, -0.2) is 4.39 Å². The average molecular weight is 517 g/mol. The van der Waals surface area contributed by atoms with E-state index in [2.05, 4.69) is 11.4 Å². The van der Waals surface area contributed by atoms with E-state index in [0.717, 1.165) is 48.8 Å². The third kappa shape index (κ3) is 5.33. The van der Waals surface area contributed by atoms with Crippen molar-refractivity contribution in [3.05, 3.63) is 88.6 Å². The van der Waals surface area contributed by atoms with Crippen molar-refractivity contribution in [2.75, 3.05) is 13.1 Å². The summed E-state index contributed by atoms with van der Waals surface area (Å²) in [7, 11) is 0. The van der Waals surface area contributed by atoms with E-state index >= 15 is 0 Å². The molecule has 6 rings (SSSR count). The SMILES string of the molecule is O=C(NCC1CC1)c1ccc(COc2ccc3c(c2)C(c2ccc(F)cc2)N(C(=O)C2CCCC2)CC3)o1. The molecule has 2 fully saturated rings. The van der Waals surface area contributed by atoms with Crippen LogP contribution in [0.25, 0.3) is 0 Å². The summed E-state index contributed by atoms with van der Waals surface area (Å²) in [6.45, 7) is 1.51. The van der Waals surface area contributed by atoms with Gasteiger partial charge in [0.2, 0.25) is 5.91 Å². The summed E-state index contributed by atoms with van der Waals surface area (Å²) in [6.07, 6.45) is 7.17. The van der Waals surface area contributed by atoms with Gasteiger partial charge in [-0.05, 0) is 91.1 Å². The van der Waals surface area contributed by atoms with E-state index in [1.165, 1.54) is 25.0 Å². The Morgan fingerprint density at radius 1 is 1.00 bits per heavy atom. The highest BCUT2D eigenvalue weighted by molar-refractivity contribution is 5.91. The van der Waals surface area contributed by atoms with Crippen LogP contribution in [0.2, 0.25) is 0 Å². The summed E-state index contributed by atoms with van der Waals surface area (Å²) in [5.41, 5.74) is 3.06. The van der Waals surface area contributed by atoms with Gasteiger partial charge in [0.25, 0.3) is 5.91 Å². The zero-order valence-corrected chi connectivity index (χ0v) is 21.5. The predicted molar refractivity (Wildman–Crippen MR) is 140 cm³/mol. The van der Waals surface area contributed by atoms with E-state index in [1.807, 2.05) is 17.0 Å². The number of hydrogen-bond acceptors (Lipinski definition) is 4. The van der Waals surface area contributed by atoms with Gasteiger partial charge in [0.05, 0.1) is 6.04 Å². The predicted octanol–water partition coefficient (Wildman–Crippen LogP) is 5.80. The van der Waals surface area contributed by atoms with Crippen molar-refractivity contribution < 1.29 is 23.1 Å². The molecule has 38 heavy (non-hydrogen) atoms. The molecular weight excluding hydrogens is 483 g/mol. The van der Waals surface area contributed by atoms with E-state index in [4.69, 9.17) is 9.15 Å². The number of nitrogens with one attached hydrogen (secondary N) is 1. The Morgan fingerprint density at radius 2 is 1.79 bits per heavy atom. The zero-order chi connectivity index (χ0) is 26.1. The van der Waals surface area contributed by atoms with Crippen molar-refractivity contribution >= 4 is 11.8 Å². The molecule has 0 spiro atoms. The lowest BCUT2D eigenvalue weighted by Gasteiger charge is -2.39. The number of amides is 2. The molecule has 2 aromatic carbocycles. The molecule has 0 radical (unpaired) electrons. The highest BCUT2D eigenvalue weighted by atomic mass is 19.1. The molecule has 1 aromatic heterocycles. The summed E-state index contributed by atoms with van der Waals surface area (Å²) in [6, 6.07) is 15.6. The molecule has 1 N–H and O–H groups in total. The van der Waals surface area contributed by atoms with Crippen LogP contribution in [0.5, 0.6) is 5.75 Å². The molecule has 2 amide bonds. The molecule has 2 saturated carbocycles. The van der Waals surface area contributed by atoms with Gasteiger partial charge in [-0.2, -0.15) is 0 Å². The second-order valence-corrected chi connectivity index (χ2v) is 10.8. The zero-order valence-electron chi connectivity index (χ0n) is 21.5. The fourth-order valence-electron chi connectivity index (χ4n) is 5.71. The summed E-state index contributed by atoms with van der Waals surface area (Å²) in [5.74, 6) is 1.86. The van der Waals surface area contributed by atoms with Gasteiger partial charge in [-0.15, -0.1) is 0 Å². The number of carbonyl (C=O) groups excluding carboxylic acids is 2. The number of hydrogen-bond donors (Lipinski definition) is 1. The number of fused-ring (bicyclic) bond motifs is 1. The topological polar surface area (TPSA) is 71.8 Å². The maximum atomic E-state index is 13.8. The lowest BCUT2D eigenvalue weighted by Crippen LogP contribution is -2.43. The smallest absolute Gasteiger partial charge is 0.287 e. The van der Waals surface area contributed by atoms with Gasteiger partial charge in [-0.3, -0.25) is 9.59 Å². The highest BCUT2D eigenvalue weighted by Crippen LogP contribution is 2.40. The standard InChI is InChI=1S/C31H33FN2O4/c32-24-10-7-22(8-11-24)29-27-17-25(12-9-21(27)15-16-34(29)31(36)23-3-1-2-4-23)37-19-26-13-14-28(38-26)30(35)33-18-20-5-6-20/h7-14,17,20,23,29H,1-6,15-16,18-19H2,(H,33,35). The first-order valence-electron chi connectivity index (χ1n) is 13.7. The number of furan rings is 1. The molecular formula is C31H33FN2O4. The third-order valence-electron chi connectivity index (χ3n) is 8.03. The monoisotopic (exact) mass is 516 g/mol. The van der Waals surface area contributed by atoms with E-state index in [9.17, 15) is 14.0 Å². The number of benzene rings is 2. The molecule has 3 aliphatic rings. The van der Waals surface area contributed by atoms with Crippen molar-refractivity contribution in [3.8, 4) is 5.75 Å². The Balaban J connectivity index is 1.21. The molecule has 7 heteroatoms. The van der Waals surface area contributed by atoms with Crippen molar-refractivity contribution in [1.82, 2.24) is 10.2 Å². The fourth-order valence-corrected chi connectivity index (χ4v) is 5.71. The molecule has 198 valence electrons. The lowest BCUT2D eigenvalue weighted by atomic mass is 9.87. The first-order chi connectivity index (χ1) is 18.5. The Bertz CT molecular complexity index is 1310. The van der Waals surface area contributed by atoms with Gasteiger partial charge in [0.1, 0.15) is 23.9 Å². The number of ether oxygens (including phenoxy) is 1. The Kier molecular flexibility index (Phi) is 6.92. The van der Waals surface area contributed by atoms with E-state index in [1.54, 1.807) is 24.3 Å². The second kappa shape index (κ2) is 10.6. The Hall–Kier alpha value is -3.61. The second-order valence-electron chi connectivity index (χ2n) is 10.8. The molecule has 2 heterocycles. The van der Waals surface area contributed by atoms with Crippen LogP contribution in [0.15, 0.2) is 59.0 Å². The normalized spacial score (nSPS) is 19.3. The quantitative estimate of drug-likeness (QED) is 0.411. The van der Waals surface area contributed by atoms with Crippen LogP contribution in [0.3, 0.4) is 0 Å². The average Bonchev–Trinajstić information content (AvgIpc) is 3.38. The minimum atomic E-state index is -0.297. The maximum Gasteiger partial charge on any atom is 0.287 e. The number of nitrogens with zero attached hydrogens (tertiary/aromatic N) is 1. The van der Waals surface area contributed by atoms with Crippen LogP contribution in [-0.4, -0.2) is 29.8 Å². The minimum absolute atomic E-state index is 0.0635. The first-order valence-corrected chi connectivity index (χ1v) is 13.7. The molecule has 2 aliphatic carbocycles. The van der Waals surface area contributed by atoms with Crippen molar-refractivity contribution in [1.29, 1.82) is 0 Å². The van der Waals surface area contributed by atoms with Crippen LogP contribution in [-0.2, 0) is 17.8 Å². The van der Waals surface area contributed by atoms with Crippen LogP contribution >= 0.6 is 0 Å². The third-order valence-corrected chi connectivity index (χ3v) is 8.03. The van der Waals surface area contributed by atoms with Crippen molar-refractivity contribution in [2.24, 2.45) is 11.8 Å². The maximum absolute atomic E-state index is 13.8. The number of halogens is 1. The molecule has 0 saturated heterocycles. The number of rotatable bonds is 8. The molecule has 0 bridgehead atoms. The first kappa shape index (κ1) is 24.7. The van der Waals surface area contributed by atoms with Gasteiger partial charge in [0.15, 0.2) is 5.76 Å². The minimum Gasteiger partial charge on any atom is -0.486 e. The molecule has 1 atom stereocenters. The summed E-state index contributed by atoms with van der Waals surface area (Å²) < 4.78 is 25.6. The molecule has 6 nitrogen and oxygen atoms in total. The van der Waals surface area contributed by atoms with Gasteiger partial charge in [0, 0.05) is 19.0 Å². The number of carbonyl (C=O) groups is 2. The summed E-state index contributed by atoms with van der Waals surface area (Å²) in [4.78, 5) is 27.9. The lowest BCUT2D eigenvalue weighted by molar-refractivity contribution is -0.137. The van der Waals surface area contributed by atoms with E-state index in [-0.39, 0.29) is 42.0 Å². The van der Waals surface area contributed by atoms with Crippen LogP contribution in [0, 0.1) is 17.7 Å². The van der Waals surface area contributed by atoms with Gasteiger partial charge < -0.3 is 19.4 Å². The molecule has 1 unspecified atom stereocenters. The van der Waals surface area contributed by atoms with Gasteiger partial charge >= 0.3 is 0 Å². The summed E-state index contributed by atoms with van der Waals surface area (Å²) >= 11 is 0. The van der Waals surface area contributed by atoms with E-state index in [0.29, 0.717) is 30.5 Å². The van der Waals surface area contributed by atoms with Crippen LogP contribution in [0.4, 0.5) is 4.39 Å². The highest BCUT2D eigenvalue weighted by Gasteiger charge is 2.36. The Morgan fingerprint density at radius 3 is 2.55 bits per heavy atom. The van der Waals surface area contributed by atoms with E-state index < -0.39 is 0 Å². The Labute approximate surface area is 222 Å². The van der Waals surface area contributed by atoms with Crippen molar-refractivity contribution in [2.45, 2.75) is 57.6 Å². The summed E-state index contributed by atoms with van der Waals surface area (Å²) in [5, 5.41) is 2.91. The molecule has 1 aliphatic heterocycles. The van der Waals surface area contributed by atoms with Crippen LogP contribution < -0.4 is 10.1 Å². The largest absolute Gasteiger partial charge is 0.486 e. The van der Waals surface area contributed by atoms with Crippen molar-refractivity contribution in [3.63, 3.8) is 0 Å². The fraction of sp³-hybridized carbons (Fsp3) is 0.419.